The van der Waals surface area contributed by atoms with Crippen LogP contribution in [0.5, 0.6) is 0 Å². The molecule has 24 nitrogen and oxygen atoms in total. The predicted octanol–water partition coefficient (Wildman–Crippen LogP) is 19.2. The van der Waals surface area contributed by atoms with E-state index in [0.29, 0.717) is 76.7 Å². The number of aryl methyl sites for hydroxylation is 9. The largest absolute Gasteiger partial charge is 0.287 e. The first kappa shape index (κ1) is 89.9. The van der Waals surface area contributed by atoms with Crippen molar-refractivity contribution in [2.24, 2.45) is 0 Å². The van der Waals surface area contributed by atoms with Gasteiger partial charge in [-0.25, -0.2) is 53.6 Å². The minimum absolute atomic E-state index is 0.00155. The summed E-state index contributed by atoms with van der Waals surface area (Å²) in [4.78, 5) is 80.7. The van der Waals surface area contributed by atoms with Crippen LogP contribution in [0.4, 0.5) is 22.7 Å². The number of rotatable bonds is 20. The summed E-state index contributed by atoms with van der Waals surface area (Å²) >= 11 is 53.9. The second-order valence-electron chi connectivity index (χ2n) is 25.2. The fourth-order valence-electron chi connectivity index (χ4n) is 10.9. The maximum Gasteiger partial charge on any atom is 0.262 e. The second-order valence-corrected chi connectivity index (χ2v) is 35.7. The monoisotopic (exact) mass is 1810 g/mol. The van der Waals surface area contributed by atoms with E-state index in [0.717, 1.165) is 11.6 Å². The van der Waals surface area contributed by atoms with Crippen LogP contribution < -0.4 is 18.9 Å². The molecule has 0 aliphatic carbocycles. The van der Waals surface area contributed by atoms with Gasteiger partial charge in [-0.15, -0.1) is 0 Å². The van der Waals surface area contributed by atoms with Gasteiger partial charge in [0.2, 0.25) is 23.1 Å². The van der Waals surface area contributed by atoms with Gasteiger partial charge in [-0.05, 0) is 217 Å². The zero-order chi connectivity index (χ0) is 85.2. The van der Waals surface area contributed by atoms with E-state index in [-0.39, 0.29) is 106 Å². The normalized spacial score (nSPS) is 11.2. The molecule has 0 radical (unpaired) electrons. The van der Waals surface area contributed by atoms with Crippen molar-refractivity contribution in [2.45, 2.75) is 81.9 Å². The molecule has 0 aliphatic rings. The van der Waals surface area contributed by atoms with Crippen LogP contribution in [0, 0.1) is 73.6 Å². The van der Waals surface area contributed by atoms with E-state index >= 15 is 0 Å². The van der Waals surface area contributed by atoms with Gasteiger partial charge < -0.3 is 0 Å². The van der Waals surface area contributed by atoms with Crippen LogP contribution in [0.1, 0.15) is 120 Å². The number of aromatic nitrogens is 7. The van der Waals surface area contributed by atoms with Gasteiger partial charge in [-0.3, -0.25) is 53.0 Å². The molecule has 0 amide bonds. The van der Waals surface area contributed by atoms with E-state index in [1.165, 1.54) is 116 Å². The summed E-state index contributed by atoms with van der Waals surface area (Å²) in [7, 11) is -16.2. The van der Waals surface area contributed by atoms with Crippen molar-refractivity contribution in [1.29, 1.82) is 5.26 Å². The molecule has 0 saturated heterocycles. The summed E-state index contributed by atoms with van der Waals surface area (Å²) in [6.45, 7) is 15.5. The van der Waals surface area contributed by atoms with E-state index < -0.39 is 63.2 Å². The van der Waals surface area contributed by atoms with Crippen LogP contribution in [0.2, 0.25) is 45.2 Å². The lowest BCUT2D eigenvalue weighted by Gasteiger charge is -2.14. The predicted molar refractivity (Wildman–Crippen MR) is 451 cm³/mol. The molecule has 116 heavy (non-hydrogen) atoms. The van der Waals surface area contributed by atoms with Crippen molar-refractivity contribution >= 4 is 190 Å². The van der Waals surface area contributed by atoms with Gasteiger partial charge in [0.15, 0.2) is 0 Å². The standard InChI is InChI=1S/C20H14Cl2N4O3S.2C20H17Cl2N3O3S.C19H13Cl3N2O3S/c1-11-5-6-24-12(2)18(11)20(27)19-17(8-14(21)10-25-19)26-30(28,29)15-3-4-16(22)13(7-15)9-23;1-11-6-7-23-13(3)18(11)20(26)19-17(9-14(21)10-24-19)25-29(27,28)15-4-5-16(22)12(2)8-15;1-11-4-5-15(9-16(11)22)29(27,28)25-17-8-14(21)10-24-19(17)20(26)18-12(2)6-7-23-13(18)3;1-11-8-13(6-7-15(11)21)28(26,27)24-17-9-12(20)10-23-18(17)19(25)14-4-2-3-5-16(14)22/h3-8,10,26H,1-2H3;2*4-10,25H,1-3H3;2-10,24H,1H3. The smallest absolute Gasteiger partial charge is 0.262 e. The van der Waals surface area contributed by atoms with Crippen molar-refractivity contribution in [3.8, 4) is 6.07 Å². The Bertz CT molecular complexity index is 6250. The highest BCUT2D eigenvalue weighted by molar-refractivity contribution is 7.93. The molecule has 0 atom stereocenters. The molecular formula is C79H61Cl9N12O12S4. The lowest BCUT2D eigenvalue weighted by atomic mass is 10.0. The number of anilines is 4. The molecule has 0 fully saturated rings. The SMILES string of the molecule is Cc1cc(S(=O)(=O)Nc2cc(Cl)cnc2C(=O)c2c(C)ccnc2C)ccc1Cl.Cc1cc(S(=O)(=O)Nc2cc(Cl)cnc2C(=O)c2ccccc2Cl)ccc1Cl.Cc1ccc(S(=O)(=O)Nc2cc(Cl)cnc2C(=O)c2c(C)ccnc2C)cc1Cl.Cc1ccnc(C)c1C(=O)c1ncc(Cl)cc1NS(=O)(=O)c1ccc(Cl)c(C#N)c1. The third-order valence-electron chi connectivity index (χ3n) is 16.8. The number of hydrogen-bond donors (Lipinski definition) is 4. The van der Waals surface area contributed by atoms with Crippen molar-refractivity contribution < 1.29 is 52.8 Å². The molecule has 5 aromatic carbocycles. The number of halogens is 9. The Morgan fingerprint density at radius 2 is 0.612 bits per heavy atom. The molecule has 596 valence electrons. The van der Waals surface area contributed by atoms with E-state index in [2.05, 4.69) is 53.8 Å². The molecule has 0 aliphatic heterocycles. The van der Waals surface area contributed by atoms with Gasteiger partial charge in [-0.1, -0.05) is 123 Å². The Morgan fingerprint density at radius 1 is 0.310 bits per heavy atom. The van der Waals surface area contributed by atoms with E-state index in [9.17, 15) is 52.8 Å². The Hall–Kier alpha value is -10.1. The molecule has 4 N–H and O–H groups in total. The quantitative estimate of drug-likeness (QED) is 0.0515. The van der Waals surface area contributed by atoms with E-state index in [1.807, 2.05) is 6.07 Å². The van der Waals surface area contributed by atoms with Gasteiger partial charge in [-0.2, -0.15) is 5.26 Å². The first-order chi connectivity index (χ1) is 54.5. The maximum absolute atomic E-state index is 13.1. The Balaban J connectivity index is 0.000000177. The fraction of sp³-hybridized carbons (Fsp3) is 0.114. The van der Waals surface area contributed by atoms with Crippen LogP contribution in [0.15, 0.2) is 202 Å². The van der Waals surface area contributed by atoms with Crippen LogP contribution in [0.3, 0.4) is 0 Å². The lowest BCUT2D eigenvalue weighted by molar-refractivity contribution is 0.102. The van der Waals surface area contributed by atoms with Gasteiger partial charge in [0.05, 0.1) is 78.0 Å². The zero-order valence-corrected chi connectivity index (χ0v) is 71.9. The topological polar surface area (TPSA) is 367 Å². The van der Waals surface area contributed by atoms with Crippen LogP contribution in [-0.2, 0) is 40.1 Å². The zero-order valence-electron chi connectivity index (χ0n) is 61.8. The van der Waals surface area contributed by atoms with Crippen LogP contribution in [-0.4, -0.2) is 91.7 Å². The molecule has 0 bridgehead atoms. The van der Waals surface area contributed by atoms with Gasteiger partial charge in [0.25, 0.3) is 40.1 Å². The summed E-state index contributed by atoms with van der Waals surface area (Å²) < 4.78 is 112. The highest BCUT2D eigenvalue weighted by Crippen LogP contribution is 2.34. The first-order valence-corrected chi connectivity index (χ1v) is 42.8. The minimum Gasteiger partial charge on any atom is -0.287 e. The molecular weight excluding hydrogens is 1760 g/mol. The number of ketones is 4. The number of nitriles is 1. The highest BCUT2D eigenvalue weighted by Gasteiger charge is 2.30. The second kappa shape index (κ2) is 37.9. The molecule has 0 spiro atoms. The summed E-state index contributed by atoms with van der Waals surface area (Å²) in [5.74, 6) is -1.94. The molecule has 7 aromatic heterocycles. The number of carbonyl (C=O) groups is 4. The molecule has 7 heterocycles. The van der Waals surface area contributed by atoms with Crippen molar-refractivity contribution in [3.63, 3.8) is 0 Å². The number of hydrogen-bond acceptors (Lipinski definition) is 20. The number of carbonyl (C=O) groups excluding carboxylic acids is 4. The maximum atomic E-state index is 13.1. The van der Waals surface area contributed by atoms with Gasteiger partial charge in [0.1, 0.15) is 28.8 Å². The van der Waals surface area contributed by atoms with Crippen molar-refractivity contribution in [1.82, 2.24) is 34.9 Å². The Morgan fingerprint density at radius 3 is 0.922 bits per heavy atom. The van der Waals surface area contributed by atoms with Crippen LogP contribution >= 0.6 is 104 Å². The lowest BCUT2D eigenvalue weighted by Crippen LogP contribution is -2.18. The molecule has 0 saturated carbocycles. The average molecular weight is 1820 g/mol. The Kier molecular flexibility index (Phi) is 29.4. The number of nitrogens with zero attached hydrogens (tertiary/aromatic N) is 8. The summed E-state index contributed by atoms with van der Waals surface area (Å²) in [5, 5.41) is 11.3. The third-order valence-corrected chi connectivity index (χ3v) is 25.0. The fourth-order valence-corrected chi connectivity index (χ4v) is 16.9. The van der Waals surface area contributed by atoms with E-state index in [4.69, 9.17) is 110 Å². The minimum atomic E-state index is -4.16. The molecule has 37 heteroatoms. The Labute approximate surface area is 713 Å². The summed E-state index contributed by atoms with van der Waals surface area (Å²) in [6, 6.07) is 35.3. The number of sulfonamides is 4. The number of nitrogens with one attached hydrogen (secondary N) is 4. The van der Waals surface area contributed by atoms with E-state index in [1.54, 1.807) is 123 Å². The van der Waals surface area contributed by atoms with Gasteiger partial charge in [0, 0.05) is 97.8 Å². The molecule has 12 rings (SSSR count). The highest BCUT2D eigenvalue weighted by atomic mass is 35.5. The first-order valence-electron chi connectivity index (χ1n) is 33.4. The molecule has 0 unspecified atom stereocenters. The number of benzene rings is 5. The summed E-state index contributed by atoms with van der Waals surface area (Å²) in [5.41, 5.74) is 6.25. The van der Waals surface area contributed by atoms with Crippen LogP contribution in [0.25, 0.3) is 0 Å². The molecule has 12 aromatic rings. The van der Waals surface area contributed by atoms with Crippen molar-refractivity contribution in [2.75, 3.05) is 18.9 Å². The van der Waals surface area contributed by atoms with Gasteiger partial charge >= 0.3 is 0 Å². The number of pyridine rings is 7. The third kappa shape index (κ3) is 21.8. The summed E-state index contributed by atoms with van der Waals surface area (Å²) in [6.07, 6.45) is 9.87. The average Bonchev–Trinajstić information content (AvgIpc) is 0.333. The van der Waals surface area contributed by atoms with Crippen molar-refractivity contribution in [3.05, 3.63) is 329 Å².